The molecule has 4 nitrogen and oxygen atoms in total. The number of carbonyl (C=O) groups is 1. The van der Waals surface area contributed by atoms with Crippen LogP contribution in [0.15, 0.2) is 77.4 Å². The first kappa shape index (κ1) is 16.1. The highest BCUT2D eigenvalue weighted by atomic mass is 16.6. The first-order valence-electron chi connectivity index (χ1n) is 8.49. The van der Waals surface area contributed by atoms with Crippen molar-refractivity contribution in [3.63, 3.8) is 0 Å². The third-order valence-corrected chi connectivity index (χ3v) is 4.15. The fourth-order valence-electron chi connectivity index (χ4n) is 2.97. The Hall–Kier alpha value is -3.40. The predicted octanol–water partition coefficient (Wildman–Crippen LogP) is 4.58. The van der Waals surface area contributed by atoms with Crippen molar-refractivity contribution < 1.29 is 14.3 Å². The van der Waals surface area contributed by atoms with Crippen molar-refractivity contribution in [1.29, 1.82) is 0 Å². The third kappa shape index (κ3) is 2.97. The fraction of sp³-hybridized carbons (Fsp3) is 0.0909. The van der Waals surface area contributed by atoms with E-state index in [-0.39, 0.29) is 5.70 Å². The van der Waals surface area contributed by atoms with Gasteiger partial charge in [0.25, 0.3) is 0 Å². The van der Waals surface area contributed by atoms with Gasteiger partial charge in [0.05, 0.1) is 6.61 Å². The zero-order valence-electron chi connectivity index (χ0n) is 14.3. The molecular formula is C22H17NO3. The van der Waals surface area contributed by atoms with Crippen LogP contribution in [-0.2, 0) is 9.53 Å². The first-order valence-corrected chi connectivity index (χ1v) is 8.49. The summed E-state index contributed by atoms with van der Waals surface area (Å²) in [6.07, 6.45) is 1.70. The Labute approximate surface area is 151 Å². The molecule has 0 amide bonds. The molecule has 128 valence electrons. The zero-order valence-corrected chi connectivity index (χ0v) is 14.3. The highest BCUT2D eigenvalue weighted by Crippen LogP contribution is 2.27. The van der Waals surface area contributed by atoms with Crippen LogP contribution < -0.4 is 4.74 Å². The number of para-hydroxylation sites is 1. The number of fused-ring (bicyclic) bond motifs is 1. The van der Waals surface area contributed by atoms with Gasteiger partial charge >= 0.3 is 5.97 Å². The number of rotatable bonds is 4. The molecule has 1 aliphatic rings. The predicted molar refractivity (Wildman–Crippen MR) is 102 cm³/mol. The number of hydrogen-bond acceptors (Lipinski definition) is 4. The highest BCUT2D eigenvalue weighted by Gasteiger charge is 2.25. The van der Waals surface area contributed by atoms with E-state index in [1.807, 2.05) is 73.7 Å². The van der Waals surface area contributed by atoms with Gasteiger partial charge in [0, 0.05) is 11.1 Å². The molecule has 0 unspecified atom stereocenters. The van der Waals surface area contributed by atoms with E-state index in [1.54, 1.807) is 6.08 Å². The molecule has 0 atom stereocenters. The molecule has 0 spiro atoms. The minimum absolute atomic E-state index is 0.264. The van der Waals surface area contributed by atoms with Crippen LogP contribution in [0.1, 0.15) is 18.1 Å². The summed E-state index contributed by atoms with van der Waals surface area (Å²) in [6.45, 7) is 2.47. The Morgan fingerprint density at radius 1 is 1.00 bits per heavy atom. The van der Waals surface area contributed by atoms with E-state index in [9.17, 15) is 4.79 Å². The van der Waals surface area contributed by atoms with Gasteiger partial charge < -0.3 is 9.47 Å². The maximum absolute atomic E-state index is 12.3. The van der Waals surface area contributed by atoms with Crippen LogP contribution >= 0.6 is 0 Å². The van der Waals surface area contributed by atoms with E-state index in [1.165, 1.54) is 0 Å². The summed E-state index contributed by atoms with van der Waals surface area (Å²) in [5.41, 5.74) is 1.86. The zero-order chi connectivity index (χ0) is 17.9. The van der Waals surface area contributed by atoms with E-state index in [0.717, 1.165) is 21.9 Å². The molecule has 4 heteroatoms. The van der Waals surface area contributed by atoms with E-state index in [4.69, 9.17) is 9.47 Å². The van der Waals surface area contributed by atoms with Crippen LogP contribution in [0, 0.1) is 0 Å². The van der Waals surface area contributed by atoms with E-state index in [2.05, 4.69) is 4.99 Å². The lowest BCUT2D eigenvalue weighted by Gasteiger charge is -2.06. The van der Waals surface area contributed by atoms with Crippen LogP contribution in [0.25, 0.3) is 16.8 Å². The molecule has 0 N–H and O–H groups in total. The number of aliphatic imine (C=N–C) groups is 1. The number of hydrogen-bond donors (Lipinski definition) is 0. The van der Waals surface area contributed by atoms with E-state index in [0.29, 0.717) is 18.3 Å². The fourth-order valence-corrected chi connectivity index (χ4v) is 2.97. The summed E-state index contributed by atoms with van der Waals surface area (Å²) in [6, 6.07) is 21.3. The summed E-state index contributed by atoms with van der Waals surface area (Å²) in [4.78, 5) is 16.8. The lowest BCUT2D eigenvalue weighted by Crippen LogP contribution is -2.06. The highest BCUT2D eigenvalue weighted by molar-refractivity contribution is 6.17. The quantitative estimate of drug-likeness (QED) is 0.514. The average molecular weight is 343 g/mol. The van der Waals surface area contributed by atoms with E-state index >= 15 is 0 Å². The summed E-state index contributed by atoms with van der Waals surface area (Å²) in [5.74, 6) is 0.579. The van der Waals surface area contributed by atoms with Gasteiger partial charge in [0.2, 0.25) is 5.90 Å². The smallest absolute Gasteiger partial charge is 0.363 e. The van der Waals surface area contributed by atoms with Crippen molar-refractivity contribution in [3.05, 3.63) is 83.6 Å². The van der Waals surface area contributed by atoms with Gasteiger partial charge in [-0.25, -0.2) is 9.79 Å². The lowest BCUT2D eigenvalue weighted by molar-refractivity contribution is -0.129. The molecule has 0 bridgehead atoms. The maximum atomic E-state index is 12.3. The van der Waals surface area contributed by atoms with Crippen LogP contribution in [-0.4, -0.2) is 18.5 Å². The molecule has 1 heterocycles. The molecule has 3 aromatic rings. The minimum Gasteiger partial charge on any atom is -0.493 e. The van der Waals surface area contributed by atoms with Gasteiger partial charge in [-0.15, -0.1) is 0 Å². The van der Waals surface area contributed by atoms with Crippen molar-refractivity contribution in [2.24, 2.45) is 4.99 Å². The Morgan fingerprint density at radius 3 is 2.65 bits per heavy atom. The summed E-state index contributed by atoms with van der Waals surface area (Å²) < 4.78 is 11.0. The molecule has 0 saturated carbocycles. The largest absolute Gasteiger partial charge is 0.493 e. The van der Waals surface area contributed by atoms with Crippen molar-refractivity contribution in [2.75, 3.05) is 6.61 Å². The van der Waals surface area contributed by atoms with Crippen LogP contribution in [0.2, 0.25) is 0 Å². The number of cyclic esters (lactones) is 1. The van der Waals surface area contributed by atoms with Gasteiger partial charge in [-0.05, 0) is 35.9 Å². The van der Waals surface area contributed by atoms with Gasteiger partial charge in [-0.2, -0.15) is 0 Å². The third-order valence-electron chi connectivity index (χ3n) is 4.15. The van der Waals surface area contributed by atoms with Crippen molar-refractivity contribution in [2.45, 2.75) is 6.92 Å². The summed E-state index contributed by atoms with van der Waals surface area (Å²) in [5, 5.41) is 2.07. The van der Waals surface area contributed by atoms with Crippen molar-refractivity contribution in [1.82, 2.24) is 0 Å². The number of carbonyl (C=O) groups excluding carboxylic acids is 1. The number of nitrogens with zero attached hydrogens (tertiary/aromatic N) is 1. The second kappa shape index (κ2) is 6.84. The molecule has 3 aromatic carbocycles. The SMILES string of the molecule is CCOc1ccccc1/C=C1/N=C(c2cccc3ccccc23)OC1=O. The Balaban J connectivity index is 1.76. The second-order valence-corrected chi connectivity index (χ2v) is 5.83. The number of ether oxygens (including phenoxy) is 2. The normalized spacial score (nSPS) is 15.2. The average Bonchev–Trinajstić information content (AvgIpc) is 3.03. The minimum atomic E-state index is -0.459. The van der Waals surface area contributed by atoms with Gasteiger partial charge in [-0.1, -0.05) is 54.6 Å². The Bertz CT molecular complexity index is 1040. The van der Waals surface area contributed by atoms with Gasteiger partial charge in [-0.3, -0.25) is 0 Å². The monoisotopic (exact) mass is 343 g/mol. The van der Waals surface area contributed by atoms with Crippen LogP contribution in [0.3, 0.4) is 0 Å². The molecule has 0 radical (unpaired) electrons. The molecule has 1 aliphatic heterocycles. The first-order chi connectivity index (χ1) is 12.8. The number of benzene rings is 3. The molecule has 0 aromatic heterocycles. The van der Waals surface area contributed by atoms with Crippen LogP contribution in [0.5, 0.6) is 5.75 Å². The van der Waals surface area contributed by atoms with E-state index < -0.39 is 5.97 Å². The lowest BCUT2D eigenvalue weighted by atomic mass is 10.0. The van der Waals surface area contributed by atoms with Gasteiger partial charge in [0.1, 0.15) is 5.75 Å². The molecule has 0 aliphatic carbocycles. The molecule has 0 saturated heterocycles. The number of esters is 1. The Morgan fingerprint density at radius 2 is 1.77 bits per heavy atom. The topological polar surface area (TPSA) is 47.9 Å². The van der Waals surface area contributed by atoms with Gasteiger partial charge in [0.15, 0.2) is 5.70 Å². The van der Waals surface area contributed by atoms with Crippen molar-refractivity contribution in [3.8, 4) is 5.75 Å². The molecular weight excluding hydrogens is 326 g/mol. The van der Waals surface area contributed by atoms with Crippen LogP contribution in [0.4, 0.5) is 0 Å². The molecule has 26 heavy (non-hydrogen) atoms. The summed E-state index contributed by atoms with van der Waals surface area (Å²) >= 11 is 0. The second-order valence-electron chi connectivity index (χ2n) is 5.83. The Kier molecular flexibility index (Phi) is 4.23. The standard InChI is InChI=1S/C22H17NO3/c1-2-25-20-13-6-4-9-16(20)14-19-22(24)26-21(23-19)18-12-7-10-15-8-3-5-11-17(15)18/h3-14H,2H2,1H3/b19-14+. The summed E-state index contributed by atoms with van der Waals surface area (Å²) in [7, 11) is 0. The molecule has 4 rings (SSSR count). The molecule has 0 fully saturated rings. The maximum Gasteiger partial charge on any atom is 0.363 e. The van der Waals surface area contributed by atoms with Crippen molar-refractivity contribution >= 4 is 28.7 Å².